The van der Waals surface area contributed by atoms with Crippen molar-refractivity contribution in [3.8, 4) is 0 Å². The molecule has 0 aliphatic heterocycles. The van der Waals surface area contributed by atoms with Crippen LogP contribution in [-0.2, 0) is 20.6 Å². The van der Waals surface area contributed by atoms with Gasteiger partial charge in [0.25, 0.3) is 0 Å². The molecule has 0 unspecified atom stereocenters. The molecule has 21 heavy (non-hydrogen) atoms. The van der Waals surface area contributed by atoms with Crippen molar-refractivity contribution < 1.29 is 13.2 Å². The standard InChI is InChI=1S/C15H24ClNO3S/c1-12(2)11-17(8-9-20-4)21(18,19)15-7-5-6-14(10-16)13(15)3/h5-7,12H,8-11H2,1-4H3. The van der Waals surface area contributed by atoms with E-state index in [0.29, 0.717) is 30.5 Å². The van der Waals surface area contributed by atoms with Crippen LogP contribution in [0, 0.1) is 12.8 Å². The predicted molar refractivity (Wildman–Crippen MR) is 86.2 cm³/mol. The van der Waals surface area contributed by atoms with Crippen LogP contribution in [0.4, 0.5) is 0 Å². The quantitative estimate of drug-likeness (QED) is 0.687. The molecule has 0 saturated carbocycles. The molecule has 0 bridgehead atoms. The topological polar surface area (TPSA) is 46.6 Å². The second-order valence-electron chi connectivity index (χ2n) is 5.42. The predicted octanol–water partition coefficient (Wildman–Crippen LogP) is 3.03. The van der Waals surface area contributed by atoms with Gasteiger partial charge in [0.2, 0.25) is 10.0 Å². The van der Waals surface area contributed by atoms with E-state index in [-0.39, 0.29) is 5.92 Å². The molecule has 6 heteroatoms. The lowest BCUT2D eigenvalue weighted by molar-refractivity contribution is 0.175. The minimum absolute atomic E-state index is 0.244. The molecule has 120 valence electrons. The summed E-state index contributed by atoms with van der Waals surface area (Å²) < 4.78 is 32.3. The molecule has 0 N–H and O–H groups in total. The first kappa shape index (κ1) is 18.4. The number of hydrogen-bond acceptors (Lipinski definition) is 3. The largest absolute Gasteiger partial charge is 0.383 e. The van der Waals surface area contributed by atoms with Gasteiger partial charge in [-0.1, -0.05) is 26.0 Å². The maximum atomic E-state index is 12.9. The summed E-state index contributed by atoms with van der Waals surface area (Å²) in [6, 6.07) is 5.23. The van der Waals surface area contributed by atoms with E-state index in [0.717, 1.165) is 11.1 Å². The van der Waals surface area contributed by atoms with E-state index in [1.54, 1.807) is 26.2 Å². The minimum Gasteiger partial charge on any atom is -0.383 e. The number of alkyl halides is 1. The van der Waals surface area contributed by atoms with Gasteiger partial charge in [-0.15, -0.1) is 11.6 Å². The van der Waals surface area contributed by atoms with Crippen LogP contribution in [0.3, 0.4) is 0 Å². The van der Waals surface area contributed by atoms with Gasteiger partial charge in [0.05, 0.1) is 11.5 Å². The van der Waals surface area contributed by atoms with E-state index >= 15 is 0 Å². The fourth-order valence-electron chi connectivity index (χ4n) is 2.13. The molecule has 1 aromatic carbocycles. The Labute approximate surface area is 133 Å². The van der Waals surface area contributed by atoms with Crippen molar-refractivity contribution in [1.82, 2.24) is 4.31 Å². The first-order valence-corrected chi connectivity index (χ1v) is 8.95. The van der Waals surface area contributed by atoms with Crippen LogP contribution in [0.1, 0.15) is 25.0 Å². The van der Waals surface area contributed by atoms with Crippen LogP contribution in [0.15, 0.2) is 23.1 Å². The first-order valence-electron chi connectivity index (χ1n) is 6.98. The van der Waals surface area contributed by atoms with Crippen LogP contribution in [0.25, 0.3) is 0 Å². The summed E-state index contributed by atoms with van der Waals surface area (Å²) in [4.78, 5) is 0.331. The fourth-order valence-corrected chi connectivity index (χ4v) is 4.28. The van der Waals surface area contributed by atoms with Gasteiger partial charge in [-0.25, -0.2) is 8.42 Å². The van der Waals surface area contributed by atoms with E-state index in [9.17, 15) is 8.42 Å². The van der Waals surface area contributed by atoms with Crippen molar-refractivity contribution in [2.45, 2.75) is 31.5 Å². The Kier molecular flexibility index (Phi) is 7.13. The Hall–Kier alpha value is -0.620. The van der Waals surface area contributed by atoms with Crippen LogP contribution in [0.2, 0.25) is 0 Å². The molecule has 0 fully saturated rings. The van der Waals surface area contributed by atoms with Gasteiger partial charge in [-0.05, 0) is 30.0 Å². The molecule has 0 saturated heterocycles. The zero-order valence-electron chi connectivity index (χ0n) is 13.1. The third-order valence-corrected chi connectivity index (χ3v) is 5.57. The van der Waals surface area contributed by atoms with Gasteiger partial charge in [0, 0.05) is 26.1 Å². The Morgan fingerprint density at radius 3 is 2.52 bits per heavy atom. The maximum absolute atomic E-state index is 12.9. The monoisotopic (exact) mass is 333 g/mol. The SMILES string of the molecule is COCCN(CC(C)C)S(=O)(=O)c1cccc(CCl)c1C. The van der Waals surface area contributed by atoms with Crippen LogP contribution in [-0.4, -0.2) is 39.5 Å². The normalized spacial score (nSPS) is 12.3. The smallest absolute Gasteiger partial charge is 0.243 e. The average Bonchev–Trinajstić information content (AvgIpc) is 2.43. The Balaban J connectivity index is 3.21. The maximum Gasteiger partial charge on any atom is 0.243 e. The molecule has 0 atom stereocenters. The lowest BCUT2D eigenvalue weighted by atomic mass is 10.1. The number of benzene rings is 1. The molecule has 0 aliphatic rings. The summed E-state index contributed by atoms with van der Waals surface area (Å²) in [7, 11) is -1.97. The molecule has 0 radical (unpaired) electrons. The van der Waals surface area contributed by atoms with E-state index in [2.05, 4.69) is 0 Å². The van der Waals surface area contributed by atoms with Gasteiger partial charge in [-0.3, -0.25) is 0 Å². The number of ether oxygens (including phenoxy) is 1. The van der Waals surface area contributed by atoms with Crippen LogP contribution < -0.4 is 0 Å². The molecule has 4 nitrogen and oxygen atoms in total. The summed E-state index contributed by atoms with van der Waals surface area (Å²) in [5.74, 6) is 0.547. The van der Waals surface area contributed by atoms with Crippen molar-refractivity contribution in [2.24, 2.45) is 5.92 Å². The minimum atomic E-state index is -3.54. The molecular weight excluding hydrogens is 310 g/mol. The van der Waals surface area contributed by atoms with Gasteiger partial charge in [-0.2, -0.15) is 4.31 Å². The second-order valence-corrected chi connectivity index (χ2v) is 7.60. The van der Waals surface area contributed by atoms with Crippen molar-refractivity contribution >= 4 is 21.6 Å². The summed E-state index contributed by atoms with van der Waals surface area (Å²) in [5, 5.41) is 0. The van der Waals surface area contributed by atoms with E-state index in [1.807, 2.05) is 19.9 Å². The summed E-state index contributed by atoms with van der Waals surface area (Å²) >= 11 is 5.87. The van der Waals surface area contributed by atoms with Gasteiger partial charge < -0.3 is 4.74 Å². The third kappa shape index (κ3) is 4.68. The van der Waals surface area contributed by atoms with E-state index < -0.39 is 10.0 Å². The average molecular weight is 334 g/mol. The molecule has 0 spiro atoms. The zero-order chi connectivity index (χ0) is 16.0. The van der Waals surface area contributed by atoms with E-state index in [4.69, 9.17) is 16.3 Å². The molecule has 1 rings (SSSR count). The molecule has 1 aromatic rings. The van der Waals surface area contributed by atoms with Gasteiger partial charge in [0.1, 0.15) is 0 Å². The molecule has 0 heterocycles. The second kappa shape index (κ2) is 8.13. The summed E-state index contributed by atoms with van der Waals surface area (Å²) in [6.45, 7) is 6.99. The number of hydrogen-bond donors (Lipinski definition) is 0. The highest BCUT2D eigenvalue weighted by molar-refractivity contribution is 7.89. The Morgan fingerprint density at radius 2 is 2.00 bits per heavy atom. The van der Waals surface area contributed by atoms with Crippen molar-refractivity contribution in [1.29, 1.82) is 0 Å². The highest BCUT2D eigenvalue weighted by Crippen LogP contribution is 2.24. The fraction of sp³-hybridized carbons (Fsp3) is 0.600. The van der Waals surface area contributed by atoms with Crippen molar-refractivity contribution in [3.63, 3.8) is 0 Å². The highest BCUT2D eigenvalue weighted by Gasteiger charge is 2.27. The third-order valence-electron chi connectivity index (χ3n) is 3.27. The molecule has 0 aromatic heterocycles. The Morgan fingerprint density at radius 1 is 1.33 bits per heavy atom. The zero-order valence-corrected chi connectivity index (χ0v) is 14.7. The molecular formula is C15H24ClNO3S. The number of halogens is 1. The van der Waals surface area contributed by atoms with Gasteiger partial charge in [0.15, 0.2) is 0 Å². The number of methoxy groups -OCH3 is 1. The van der Waals surface area contributed by atoms with Crippen molar-refractivity contribution in [3.05, 3.63) is 29.3 Å². The number of rotatable bonds is 8. The number of sulfonamides is 1. The molecule has 0 aliphatic carbocycles. The highest BCUT2D eigenvalue weighted by atomic mass is 35.5. The van der Waals surface area contributed by atoms with E-state index in [1.165, 1.54) is 4.31 Å². The van der Waals surface area contributed by atoms with Crippen molar-refractivity contribution in [2.75, 3.05) is 26.8 Å². The molecule has 0 amide bonds. The summed E-state index contributed by atoms with van der Waals surface area (Å²) in [5.41, 5.74) is 1.56. The van der Waals surface area contributed by atoms with Crippen LogP contribution >= 0.6 is 11.6 Å². The Bertz CT molecular complexity index is 558. The first-order chi connectivity index (χ1) is 9.84. The van der Waals surface area contributed by atoms with Gasteiger partial charge >= 0.3 is 0 Å². The lowest BCUT2D eigenvalue weighted by Gasteiger charge is -2.25. The van der Waals surface area contributed by atoms with Crippen LogP contribution in [0.5, 0.6) is 0 Å². The lowest BCUT2D eigenvalue weighted by Crippen LogP contribution is -2.37. The number of nitrogens with zero attached hydrogens (tertiary/aromatic N) is 1. The summed E-state index contributed by atoms with van der Waals surface area (Å²) in [6.07, 6.45) is 0.